The van der Waals surface area contributed by atoms with Gasteiger partial charge >= 0.3 is 0 Å². The molecule has 0 aromatic carbocycles. The van der Waals surface area contributed by atoms with Crippen molar-refractivity contribution in [2.24, 2.45) is 0 Å². The van der Waals surface area contributed by atoms with Gasteiger partial charge < -0.3 is 10.3 Å². The summed E-state index contributed by atoms with van der Waals surface area (Å²) in [6, 6.07) is 1.71. The van der Waals surface area contributed by atoms with Crippen molar-refractivity contribution >= 4 is 28.6 Å². The molecule has 0 amide bonds. The van der Waals surface area contributed by atoms with E-state index in [1.54, 1.807) is 17.0 Å². The summed E-state index contributed by atoms with van der Waals surface area (Å²) in [5, 5.41) is 0.418. The molecule has 0 bridgehead atoms. The monoisotopic (exact) mass is 275 g/mol. The molecule has 0 saturated carbocycles. The standard InChI is InChI=1S/C11H10ClN7/c1-6-2-7(12)18-8(17-6)3-19-5-16-9-10(13)14-4-15-11(9)19/h2,4-5H,3H2,1H3,(H2,13,14,15). The van der Waals surface area contributed by atoms with Gasteiger partial charge in [-0.25, -0.2) is 24.9 Å². The molecule has 0 aliphatic carbocycles. The number of anilines is 1. The van der Waals surface area contributed by atoms with E-state index in [-0.39, 0.29) is 0 Å². The minimum absolute atomic E-state index is 0.354. The quantitative estimate of drug-likeness (QED) is 0.706. The molecule has 0 fully saturated rings. The Kier molecular flexibility index (Phi) is 2.75. The Morgan fingerprint density at radius 2 is 2.11 bits per heavy atom. The van der Waals surface area contributed by atoms with Gasteiger partial charge in [0.15, 0.2) is 11.5 Å². The number of nitrogen functional groups attached to an aromatic ring is 1. The van der Waals surface area contributed by atoms with Crippen molar-refractivity contribution in [2.45, 2.75) is 13.5 Å². The summed E-state index contributed by atoms with van der Waals surface area (Å²) in [5.41, 5.74) is 7.76. The summed E-state index contributed by atoms with van der Waals surface area (Å²) in [4.78, 5) is 20.7. The number of aryl methyl sites for hydroxylation is 1. The summed E-state index contributed by atoms with van der Waals surface area (Å²) in [5.74, 6) is 0.952. The Balaban J connectivity index is 2.04. The topological polar surface area (TPSA) is 95.4 Å². The summed E-state index contributed by atoms with van der Waals surface area (Å²) in [6.45, 7) is 2.29. The number of nitrogens with two attached hydrogens (primary N) is 1. The smallest absolute Gasteiger partial charge is 0.165 e. The number of halogens is 1. The molecular weight excluding hydrogens is 266 g/mol. The Labute approximate surface area is 113 Å². The minimum Gasteiger partial charge on any atom is -0.382 e. The van der Waals surface area contributed by atoms with Gasteiger partial charge in [0.25, 0.3) is 0 Å². The third-order valence-electron chi connectivity index (χ3n) is 2.61. The summed E-state index contributed by atoms with van der Waals surface area (Å²) in [6.07, 6.45) is 3.04. The van der Waals surface area contributed by atoms with Crippen LogP contribution in [0.3, 0.4) is 0 Å². The molecule has 0 spiro atoms. The van der Waals surface area contributed by atoms with Gasteiger partial charge in [0, 0.05) is 5.69 Å². The average Bonchev–Trinajstić information content (AvgIpc) is 2.73. The first-order valence-electron chi connectivity index (χ1n) is 5.55. The third kappa shape index (κ3) is 2.19. The van der Waals surface area contributed by atoms with Crippen molar-refractivity contribution in [3.8, 4) is 0 Å². The fourth-order valence-corrected chi connectivity index (χ4v) is 2.08. The van der Waals surface area contributed by atoms with Crippen molar-refractivity contribution in [3.05, 3.63) is 35.4 Å². The maximum absolute atomic E-state index is 5.91. The zero-order valence-electron chi connectivity index (χ0n) is 10.1. The van der Waals surface area contributed by atoms with Crippen molar-refractivity contribution in [3.63, 3.8) is 0 Å². The summed E-state index contributed by atoms with van der Waals surface area (Å²) >= 11 is 5.91. The highest BCUT2D eigenvalue weighted by molar-refractivity contribution is 6.29. The van der Waals surface area contributed by atoms with Gasteiger partial charge in [-0.15, -0.1) is 0 Å². The van der Waals surface area contributed by atoms with E-state index < -0.39 is 0 Å². The van der Waals surface area contributed by atoms with E-state index in [0.717, 1.165) is 5.69 Å². The number of fused-ring (bicyclic) bond motifs is 1. The first kappa shape index (κ1) is 11.8. The van der Waals surface area contributed by atoms with Crippen molar-refractivity contribution in [1.82, 2.24) is 29.5 Å². The molecule has 8 heteroatoms. The van der Waals surface area contributed by atoms with Crippen LogP contribution in [0.4, 0.5) is 5.82 Å². The van der Waals surface area contributed by atoms with Crippen LogP contribution in [-0.2, 0) is 6.54 Å². The van der Waals surface area contributed by atoms with Gasteiger partial charge in [0.05, 0.1) is 12.9 Å². The van der Waals surface area contributed by atoms with Crippen LogP contribution >= 0.6 is 11.6 Å². The van der Waals surface area contributed by atoms with Crippen LogP contribution in [0.25, 0.3) is 11.2 Å². The zero-order chi connectivity index (χ0) is 13.4. The second-order valence-electron chi connectivity index (χ2n) is 4.05. The first-order valence-corrected chi connectivity index (χ1v) is 5.92. The highest BCUT2D eigenvalue weighted by Crippen LogP contribution is 2.15. The molecule has 2 N–H and O–H groups in total. The molecule has 19 heavy (non-hydrogen) atoms. The minimum atomic E-state index is 0.354. The van der Waals surface area contributed by atoms with Crippen LogP contribution in [0.2, 0.25) is 5.15 Å². The van der Waals surface area contributed by atoms with E-state index in [1.807, 2.05) is 6.92 Å². The van der Waals surface area contributed by atoms with Crippen molar-refractivity contribution < 1.29 is 0 Å². The van der Waals surface area contributed by atoms with E-state index in [4.69, 9.17) is 17.3 Å². The maximum atomic E-state index is 5.91. The lowest BCUT2D eigenvalue weighted by atomic mass is 10.4. The number of rotatable bonds is 2. The normalized spacial score (nSPS) is 11.1. The second kappa shape index (κ2) is 4.43. The molecule has 3 aromatic heterocycles. The largest absolute Gasteiger partial charge is 0.382 e. The highest BCUT2D eigenvalue weighted by atomic mass is 35.5. The average molecular weight is 276 g/mol. The van der Waals surface area contributed by atoms with Gasteiger partial charge in [-0.1, -0.05) is 11.6 Å². The number of hydrogen-bond acceptors (Lipinski definition) is 6. The lowest BCUT2D eigenvalue weighted by Gasteiger charge is -2.04. The van der Waals surface area contributed by atoms with Gasteiger partial charge in [0.2, 0.25) is 0 Å². The highest BCUT2D eigenvalue weighted by Gasteiger charge is 2.09. The molecule has 7 nitrogen and oxygen atoms in total. The zero-order valence-corrected chi connectivity index (χ0v) is 10.8. The van der Waals surface area contributed by atoms with Gasteiger partial charge in [0.1, 0.15) is 22.8 Å². The first-order chi connectivity index (χ1) is 9.13. The Morgan fingerprint density at radius 3 is 2.89 bits per heavy atom. The molecule has 0 aliphatic rings. The fraction of sp³-hybridized carbons (Fsp3) is 0.182. The predicted octanol–water partition coefficient (Wildman–Crippen LogP) is 1.21. The number of nitrogens with zero attached hydrogens (tertiary/aromatic N) is 6. The summed E-state index contributed by atoms with van der Waals surface area (Å²) in [7, 11) is 0. The lowest BCUT2D eigenvalue weighted by Crippen LogP contribution is -2.05. The third-order valence-corrected chi connectivity index (χ3v) is 2.80. The number of hydrogen-bond donors (Lipinski definition) is 1. The molecule has 3 rings (SSSR count). The van der Waals surface area contributed by atoms with Crippen molar-refractivity contribution in [1.29, 1.82) is 0 Å². The molecule has 3 heterocycles. The number of imidazole rings is 1. The fourth-order valence-electron chi connectivity index (χ4n) is 1.83. The van der Waals surface area contributed by atoms with E-state index in [2.05, 4.69) is 24.9 Å². The van der Waals surface area contributed by atoms with Gasteiger partial charge in [-0.2, -0.15) is 0 Å². The second-order valence-corrected chi connectivity index (χ2v) is 4.44. The van der Waals surface area contributed by atoms with E-state index >= 15 is 0 Å². The van der Waals surface area contributed by atoms with Crippen LogP contribution in [0, 0.1) is 6.92 Å². The Hall–Kier alpha value is -2.28. The molecule has 96 valence electrons. The van der Waals surface area contributed by atoms with Crippen LogP contribution < -0.4 is 5.73 Å². The van der Waals surface area contributed by atoms with Gasteiger partial charge in [-0.05, 0) is 13.0 Å². The number of aromatic nitrogens is 6. The molecule has 3 aromatic rings. The predicted molar refractivity (Wildman–Crippen MR) is 70.6 cm³/mol. The Bertz CT molecular complexity index is 732. The SMILES string of the molecule is Cc1cc(Cl)nc(Cn2cnc3c(N)ncnc32)n1. The molecular formula is C11H10ClN7. The van der Waals surface area contributed by atoms with Crippen LogP contribution in [-0.4, -0.2) is 29.5 Å². The van der Waals surface area contributed by atoms with Gasteiger partial charge in [-0.3, -0.25) is 0 Å². The molecule has 0 aliphatic heterocycles. The van der Waals surface area contributed by atoms with E-state index in [9.17, 15) is 0 Å². The van der Waals surface area contributed by atoms with E-state index in [0.29, 0.717) is 34.5 Å². The van der Waals surface area contributed by atoms with Crippen LogP contribution in [0.5, 0.6) is 0 Å². The van der Waals surface area contributed by atoms with Crippen LogP contribution in [0.15, 0.2) is 18.7 Å². The molecule has 0 unspecified atom stereocenters. The maximum Gasteiger partial charge on any atom is 0.165 e. The van der Waals surface area contributed by atoms with Crippen molar-refractivity contribution in [2.75, 3.05) is 5.73 Å². The molecule has 0 saturated heterocycles. The van der Waals surface area contributed by atoms with Crippen LogP contribution in [0.1, 0.15) is 11.5 Å². The summed E-state index contributed by atoms with van der Waals surface area (Å²) < 4.78 is 1.80. The molecule has 0 radical (unpaired) electrons. The lowest BCUT2D eigenvalue weighted by molar-refractivity contribution is 0.751. The van der Waals surface area contributed by atoms with E-state index in [1.165, 1.54) is 6.33 Å². The molecule has 0 atom stereocenters. The Morgan fingerprint density at radius 1 is 1.26 bits per heavy atom.